The van der Waals surface area contributed by atoms with E-state index in [1.54, 1.807) is 32.0 Å². The molecule has 1 saturated heterocycles. The molecule has 2 aromatic rings. The van der Waals surface area contributed by atoms with Crippen LogP contribution in [0.2, 0.25) is 0 Å². The summed E-state index contributed by atoms with van der Waals surface area (Å²) in [5.74, 6) is -0.626. The van der Waals surface area contributed by atoms with Gasteiger partial charge in [-0.3, -0.25) is 18.7 Å². The molecular formula is C23H30FN4O9P. The first-order valence-corrected chi connectivity index (χ1v) is 13.2. The number of rotatable bonds is 12. The number of aliphatic hydroxyl groups is 1. The first-order chi connectivity index (χ1) is 17.9. The molecule has 2 heterocycles. The molecule has 3 N–H and O–H groups in total. The molecule has 0 radical (unpaired) electrons. The normalized spacial score (nSPS) is 25.4. The van der Waals surface area contributed by atoms with Gasteiger partial charge in [-0.1, -0.05) is 18.2 Å². The second kappa shape index (κ2) is 12.1. The molecule has 1 unspecified atom stereocenters. The van der Waals surface area contributed by atoms with Crippen molar-refractivity contribution in [1.82, 2.24) is 14.6 Å². The quantitative estimate of drug-likeness (QED) is 0.199. The van der Waals surface area contributed by atoms with Gasteiger partial charge in [0.05, 0.1) is 12.7 Å². The first-order valence-electron chi connectivity index (χ1n) is 11.7. The van der Waals surface area contributed by atoms with E-state index in [4.69, 9.17) is 18.5 Å². The maximum Gasteiger partial charge on any atom is 0.459 e. The Kier molecular flexibility index (Phi) is 9.39. The third-order valence-corrected chi connectivity index (χ3v) is 7.08. The van der Waals surface area contributed by atoms with Crippen molar-refractivity contribution in [2.45, 2.75) is 63.9 Å². The van der Waals surface area contributed by atoms with Crippen LogP contribution in [0.15, 0.2) is 47.4 Å². The molecule has 15 heteroatoms. The lowest BCUT2D eigenvalue weighted by Crippen LogP contribution is -2.43. The van der Waals surface area contributed by atoms with Gasteiger partial charge in [-0.15, -0.1) is 0 Å². The van der Waals surface area contributed by atoms with E-state index in [0.29, 0.717) is 6.41 Å². The SMILES string of the molecule is CC(C)OC(=O)[C@H](C)NP(=O)(OC[C@H]1O[C@@H](n2ccc(NC=O)nc2=O)[C@](C)(F)[C@@H]1O)Oc1ccccc1. The highest BCUT2D eigenvalue weighted by Gasteiger charge is 2.56. The van der Waals surface area contributed by atoms with Crippen LogP contribution in [0.1, 0.15) is 33.9 Å². The zero-order chi connectivity index (χ0) is 28.1. The predicted octanol–water partition coefficient (Wildman–Crippen LogP) is 1.93. The lowest BCUT2D eigenvalue weighted by Gasteiger charge is -2.25. The van der Waals surface area contributed by atoms with E-state index in [1.807, 2.05) is 0 Å². The number of hydrogen-bond donors (Lipinski definition) is 3. The topological polar surface area (TPSA) is 167 Å². The number of nitrogens with one attached hydrogen (secondary N) is 2. The first kappa shape index (κ1) is 29.4. The Hall–Kier alpha value is -3.16. The van der Waals surface area contributed by atoms with Gasteiger partial charge in [-0.2, -0.15) is 10.1 Å². The van der Waals surface area contributed by atoms with E-state index in [9.17, 15) is 24.1 Å². The van der Waals surface area contributed by atoms with Gasteiger partial charge >= 0.3 is 19.4 Å². The minimum atomic E-state index is -4.32. The molecule has 13 nitrogen and oxygen atoms in total. The van der Waals surface area contributed by atoms with Gasteiger partial charge < -0.3 is 24.4 Å². The molecular weight excluding hydrogens is 526 g/mol. The number of carbonyl (C=O) groups is 2. The summed E-state index contributed by atoms with van der Waals surface area (Å²) in [6.45, 7) is 5.07. The summed E-state index contributed by atoms with van der Waals surface area (Å²) >= 11 is 0. The van der Waals surface area contributed by atoms with Crippen molar-refractivity contribution in [2.75, 3.05) is 11.9 Å². The summed E-state index contributed by atoms with van der Waals surface area (Å²) in [5.41, 5.74) is -3.44. The van der Waals surface area contributed by atoms with Gasteiger partial charge in [0.2, 0.25) is 6.41 Å². The molecule has 1 fully saturated rings. The number of hydrogen-bond acceptors (Lipinski definition) is 10. The molecule has 208 valence electrons. The van der Waals surface area contributed by atoms with Crippen molar-refractivity contribution in [1.29, 1.82) is 0 Å². The summed E-state index contributed by atoms with van der Waals surface area (Å²) in [4.78, 5) is 38.9. The lowest BCUT2D eigenvalue weighted by atomic mass is 9.98. The minimum Gasteiger partial charge on any atom is -0.462 e. The van der Waals surface area contributed by atoms with Crippen molar-refractivity contribution in [3.8, 4) is 5.75 Å². The third kappa shape index (κ3) is 7.03. The van der Waals surface area contributed by atoms with E-state index >= 15 is 4.39 Å². The van der Waals surface area contributed by atoms with Gasteiger partial charge in [0.25, 0.3) is 0 Å². The highest BCUT2D eigenvalue weighted by molar-refractivity contribution is 7.52. The number of nitrogens with zero attached hydrogens (tertiary/aromatic N) is 2. The van der Waals surface area contributed by atoms with Crippen molar-refractivity contribution < 1.29 is 42.2 Å². The molecule has 3 rings (SSSR count). The molecule has 0 spiro atoms. The Morgan fingerprint density at radius 3 is 2.61 bits per heavy atom. The molecule has 6 atom stereocenters. The van der Waals surface area contributed by atoms with Crippen LogP contribution in [0.25, 0.3) is 0 Å². The molecule has 0 bridgehead atoms. The Labute approximate surface area is 217 Å². The number of amides is 1. The van der Waals surface area contributed by atoms with Crippen molar-refractivity contribution in [3.05, 3.63) is 53.1 Å². The van der Waals surface area contributed by atoms with E-state index in [-0.39, 0.29) is 11.6 Å². The van der Waals surface area contributed by atoms with Crippen molar-refractivity contribution in [3.63, 3.8) is 0 Å². The zero-order valence-electron chi connectivity index (χ0n) is 21.1. The predicted molar refractivity (Wildman–Crippen MR) is 132 cm³/mol. The highest BCUT2D eigenvalue weighted by atomic mass is 31.2. The number of aromatic nitrogens is 2. The van der Waals surface area contributed by atoms with Gasteiger partial charge in [0.1, 0.15) is 29.8 Å². The average molecular weight is 556 g/mol. The number of para-hydroxylation sites is 1. The number of halogens is 1. The molecule has 38 heavy (non-hydrogen) atoms. The number of carbonyl (C=O) groups excluding carboxylic acids is 2. The molecule has 1 amide bonds. The van der Waals surface area contributed by atoms with E-state index in [2.05, 4.69) is 15.4 Å². The summed E-state index contributed by atoms with van der Waals surface area (Å²) in [6.07, 6.45) is -3.81. The summed E-state index contributed by atoms with van der Waals surface area (Å²) in [6, 6.07) is 8.09. The summed E-state index contributed by atoms with van der Waals surface area (Å²) < 4.78 is 51.7. The fourth-order valence-corrected chi connectivity index (χ4v) is 5.09. The van der Waals surface area contributed by atoms with E-state index < -0.39 is 62.3 Å². The van der Waals surface area contributed by atoms with Gasteiger partial charge in [0.15, 0.2) is 11.9 Å². The highest BCUT2D eigenvalue weighted by Crippen LogP contribution is 2.47. The number of alkyl halides is 1. The maximum absolute atomic E-state index is 15.6. The second-order valence-electron chi connectivity index (χ2n) is 8.92. The van der Waals surface area contributed by atoms with Crippen molar-refractivity contribution >= 4 is 25.9 Å². The molecule has 1 aromatic carbocycles. The van der Waals surface area contributed by atoms with Crippen LogP contribution in [-0.4, -0.2) is 63.7 Å². The fraction of sp³-hybridized carbons (Fsp3) is 0.478. The van der Waals surface area contributed by atoms with Crippen LogP contribution in [0.4, 0.5) is 10.2 Å². The van der Waals surface area contributed by atoms with Crippen LogP contribution < -0.4 is 20.6 Å². The molecule has 1 aromatic heterocycles. The average Bonchev–Trinajstić information content (AvgIpc) is 3.06. The number of esters is 1. The van der Waals surface area contributed by atoms with Crippen molar-refractivity contribution in [2.24, 2.45) is 0 Å². The molecule has 0 aliphatic carbocycles. The van der Waals surface area contributed by atoms with Crippen LogP contribution in [0.5, 0.6) is 5.75 Å². The zero-order valence-corrected chi connectivity index (χ0v) is 22.0. The molecule has 1 aliphatic rings. The smallest absolute Gasteiger partial charge is 0.459 e. The Bertz CT molecular complexity index is 1230. The Morgan fingerprint density at radius 1 is 1.32 bits per heavy atom. The number of aliphatic hydroxyl groups excluding tert-OH is 1. The summed E-state index contributed by atoms with van der Waals surface area (Å²) in [5, 5.41) is 15.3. The van der Waals surface area contributed by atoms with Crippen LogP contribution >= 0.6 is 7.75 Å². The van der Waals surface area contributed by atoms with Crippen LogP contribution in [-0.2, 0) is 28.2 Å². The standard InChI is InChI=1S/C23H30FN4O9P/c1-14(2)35-20(31)15(3)27-38(33,37-16-8-6-5-7-9-16)34-12-17-19(30)23(4,24)21(36-17)28-11-10-18(25-13-29)26-22(28)32/h5-11,13-15,17,19,21,30H,12H2,1-4H3,(H,27,33)(H,25,26,29,32)/t15-,17+,19+,21+,23+,38?/m0/s1. The minimum absolute atomic E-state index is 0.0598. The number of ether oxygens (including phenoxy) is 2. The Morgan fingerprint density at radius 2 is 2.00 bits per heavy atom. The van der Waals surface area contributed by atoms with Gasteiger partial charge in [0, 0.05) is 6.20 Å². The van der Waals surface area contributed by atoms with E-state index in [0.717, 1.165) is 17.7 Å². The monoisotopic (exact) mass is 556 g/mol. The van der Waals surface area contributed by atoms with Crippen LogP contribution in [0, 0.1) is 0 Å². The second-order valence-corrected chi connectivity index (χ2v) is 10.6. The lowest BCUT2D eigenvalue weighted by molar-refractivity contribution is -0.149. The molecule has 1 aliphatic heterocycles. The third-order valence-electron chi connectivity index (χ3n) is 5.44. The van der Waals surface area contributed by atoms with Gasteiger partial charge in [-0.25, -0.2) is 13.8 Å². The summed E-state index contributed by atoms with van der Waals surface area (Å²) in [7, 11) is -4.32. The van der Waals surface area contributed by atoms with E-state index in [1.165, 1.54) is 25.1 Å². The number of anilines is 1. The Balaban J connectivity index is 1.79. The number of benzene rings is 1. The largest absolute Gasteiger partial charge is 0.462 e. The van der Waals surface area contributed by atoms with Gasteiger partial charge in [-0.05, 0) is 45.9 Å². The van der Waals surface area contributed by atoms with Crippen LogP contribution in [0.3, 0.4) is 0 Å². The maximum atomic E-state index is 15.6. The molecule has 0 saturated carbocycles. The fourth-order valence-electron chi connectivity index (χ4n) is 3.59.